The highest BCUT2D eigenvalue weighted by molar-refractivity contribution is 6.01. The van der Waals surface area contributed by atoms with Gasteiger partial charge in [0.05, 0.1) is 14.2 Å². The van der Waals surface area contributed by atoms with Crippen molar-refractivity contribution in [3.63, 3.8) is 0 Å². The molecule has 2 rings (SSSR count). The third-order valence-electron chi connectivity index (χ3n) is 4.83. The molecule has 2 atom stereocenters. The van der Waals surface area contributed by atoms with Gasteiger partial charge >= 0.3 is 17.9 Å². The number of rotatable bonds is 5. The lowest BCUT2D eigenvalue weighted by Gasteiger charge is -2.27. The summed E-state index contributed by atoms with van der Waals surface area (Å²) in [5.74, 6) is -0.688. The first-order valence-corrected chi connectivity index (χ1v) is 7.79. The molecule has 6 heteroatoms. The summed E-state index contributed by atoms with van der Waals surface area (Å²) in [5, 5.41) is 0. The van der Waals surface area contributed by atoms with Crippen LogP contribution in [0.5, 0.6) is 0 Å². The van der Waals surface area contributed by atoms with Gasteiger partial charge in [0.2, 0.25) is 0 Å². The maximum absolute atomic E-state index is 12.3. The van der Waals surface area contributed by atoms with Crippen molar-refractivity contribution in [1.82, 2.24) is 0 Å². The second-order valence-corrected chi connectivity index (χ2v) is 6.87. The van der Waals surface area contributed by atoms with Gasteiger partial charge in [-0.25, -0.2) is 0 Å². The van der Waals surface area contributed by atoms with Crippen molar-refractivity contribution in [2.75, 3.05) is 14.2 Å². The van der Waals surface area contributed by atoms with Crippen LogP contribution in [0.3, 0.4) is 0 Å². The van der Waals surface area contributed by atoms with Crippen LogP contribution in [0.2, 0.25) is 0 Å². The number of fused-ring (bicyclic) bond motifs is 1. The average molecular weight is 324 g/mol. The third kappa shape index (κ3) is 2.86. The van der Waals surface area contributed by atoms with Crippen molar-refractivity contribution in [2.24, 2.45) is 22.7 Å². The Morgan fingerprint density at radius 2 is 1.65 bits per heavy atom. The van der Waals surface area contributed by atoms with Gasteiger partial charge in [-0.05, 0) is 37.2 Å². The third-order valence-corrected chi connectivity index (χ3v) is 4.83. The van der Waals surface area contributed by atoms with E-state index in [0.29, 0.717) is 12.2 Å². The molecule has 0 aromatic rings. The quantitative estimate of drug-likeness (QED) is 0.334. The van der Waals surface area contributed by atoms with Crippen molar-refractivity contribution < 1.29 is 28.6 Å². The molecular formula is C17H24O6. The van der Waals surface area contributed by atoms with E-state index in [9.17, 15) is 14.4 Å². The first-order valence-electron chi connectivity index (χ1n) is 7.79. The van der Waals surface area contributed by atoms with Crippen LogP contribution in [0, 0.1) is 22.7 Å². The second-order valence-electron chi connectivity index (χ2n) is 6.87. The minimum absolute atomic E-state index is 0.116. The van der Waals surface area contributed by atoms with Crippen LogP contribution in [0.4, 0.5) is 0 Å². The highest BCUT2D eigenvalue weighted by Crippen LogP contribution is 2.73. The maximum Gasteiger partial charge on any atom is 0.323 e. The smallest absolute Gasteiger partial charge is 0.323 e. The molecule has 2 fully saturated rings. The van der Waals surface area contributed by atoms with E-state index in [-0.39, 0.29) is 18.3 Å². The number of hydrogen-bond acceptors (Lipinski definition) is 6. The molecule has 0 unspecified atom stereocenters. The van der Waals surface area contributed by atoms with Crippen molar-refractivity contribution in [2.45, 2.75) is 40.0 Å². The normalized spacial score (nSPS) is 28.1. The monoisotopic (exact) mass is 324 g/mol. The van der Waals surface area contributed by atoms with E-state index in [0.717, 1.165) is 6.42 Å². The molecule has 0 spiro atoms. The van der Waals surface area contributed by atoms with Gasteiger partial charge in [0.1, 0.15) is 5.76 Å². The fourth-order valence-corrected chi connectivity index (χ4v) is 3.83. The predicted molar refractivity (Wildman–Crippen MR) is 80.9 cm³/mol. The highest BCUT2D eigenvalue weighted by atomic mass is 16.5. The molecule has 0 saturated heterocycles. The molecule has 0 aliphatic heterocycles. The Hall–Kier alpha value is -1.85. The van der Waals surface area contributed by atoms with Crippen LogP contribution < -0.4 is 0 Å². The summed E-state index contributed by atoms with van der Waals surface area (Å²) < 4.78 is 15.1. The topological polar surface area (TPSA) is 78.9 Å². The molecule has 0 amide bonds. The maximum atomic E-state index is 12.3. The van der Waals surface area contributed by atoms with Crippen molar-refractivity contribution in [1.29, 1.82) is 0 Å². The van der Waals surface area contributed by atoms with E-state index in [1.807, 2.05) is 19.9 Å². The molecule has 2 aliphatic carbocycles. The van der Waals surface area contributed by atoms with Crippen LogP contribution in [0.15, 0.2) is 11.8 Å². The summed E-state index contributed by atoms with van der Waals surface area (Å²) >= 11 is 0. The molecule has 6 nitrogen and oxygen atoms in total. The zero-order valence-electron chi connectivity index (χ0n) is 14.3. The highest BCUT2D eigenvalue weighted by Gasteiger charge is 2.73. The zero-order chi connectivity index (χ0) is 17.4. The fourth-order valence-electron chi connectivity index (χ4n) is 3.83. The molecule has 0 heterocycles. The number of methoxy groups -OCH3 is 2. The summed E-state index contributed by atoms with van der Waals surface area (Å²) in [5.41, 5.74) is -1.75. The molecule has 0 radical (unpaired) electrons. The number of carbonyl (C=O) groups is 3. The zero-order valence-corrected chi connectivity index (χ0v) is 14.3. The van der Waals surface area contributed by atoms with Gasteiger partial charge in [-0.3, -0.25) is 14.4 Å². The first kappa shape index (κ1) is 17.5. The Balaban J connectivity index is 2.37. The SMILES string of the molecule is COC(=O)C1(C(=O)OC)C[C@@H]2C[C@]2(/C(=C\C(C)C)OC(C)=O)C1. The van der Waals surface area contributed by atoms with Gasteiger partial charge in [0.25, 0.3) is 0 Å². The lowest BCUT2D eigenvalue weighted by atomic mass is 9.80. The summed E-state index contributed by atoms with van der Waals surface area (Å²) in [6.07, 6.45) is 3.32. The standard InChI is InChI=1S/C17H24O6/c1-10(2)6-13(23-11(3)18)16-7-12(16)8-17(9-16,14(19)21-4)15(20)22-5/h6,10,12H,7-9H2,1-5H3/b13-6+/t12-,16-/m0/s1. The van der Waals surface area contributed by atoms with Crippen LogP contribution >= 0.6 is 0 Å². The molecule has 2 saturated carbocycles. The summed E-state index contributed by atoms with van der Waals surface area (Å²) in [7, 11) is 2.53. The van der Waals surface area contributed by atoms with E-state index < -0.39 is 28.7 Å². The van der Waals surface area contributed by atoms with Crippen LogP contribution in [-0.2, 0) is 28.6 Å². The van der Waals surface area contributed by atoms with Crippen molar-refractivity contribution >= 4 is 17.9 Å². The molecule has 0 aromatic heterocycles. The molecule has 128 valence electrons. The largest absolute Gasteiger partial charge is 0.468 e. The number of carbonyl (C=O) groups excluding carboxylic acids is 3. The van der Waals surface area contributed by atoms with Crippen LogP contribution in [0.1, 0.15) is 40.0 Å². The molecule has 2 aliphatic rings. The summed E-state index contributed by atoms with van der Waals surface area (Å²) in [6.45, 7) is 5.33. The van der Waals surface area contributed by atoms with E-state index in [4.69, 9.17) is 14.2 Å². The number of ether oxygens (including phenoxy) is 3. The van der Waals surface area contributed by atoms with Gasteiger partial charge in [-0.15, -0.1) is 0 Å². The average Bonchev–Trinajstić information content (AvgIpc) is 3.06. The Morgan fingerprint density at radius 3 is 2.09 bits per heavy atom. The van der Waals surface area contributed by atoms with Crippen LogP contribution in [0.25, 0.3) is 0 Å². The Morgan fingerprint density at radius 1 is 1.09 bits per heavy atom. The van der Waals surface area contributed by atoms with Gasteiger partial charge in [-0.2, -0.15) is 0 Å². The first-order chi connectivity index (χ1) is 10.7. The van der Waals surface area contributed by atoms with E-state index >= 15 is 0 Å². The van der Waals surface area contributed by atoms with Gasteiger partial charge in [-0.1, -0.05) is 13.8 Å². The fraction of sp³-hybridized carbons (Fsp3) is 0.706. The molecule has 0 N–H and O–H groups in total. The number of hydrogen-bond donors (Lipinski definition) is 0. The van der Waals surface area contributed by atoms with Crippen molar-refractivity contribution in [3.8, 4) is 0 Å². The number of allylic oxidation sites excluding steroid dienone is 2. The second kappa shape index (κ2) is 5.98. The van der Waals surface area contributed by atoms with Gasteiger partial charge < -0.3 is 14.2 Å². The Labute approximate surface area is 136 Å². The van der Waals surface area contributed by atoms with Gasteiger partial charge in [0, 0.05) is 12.3 Å². The van der Waals surface area contributed by atoms with E-state index in [1.165, 1.54) is 21.1 Å². The lowest BCUT2D eigenvalue weighted by Crippen LogP contribution is -2.41. The molecular weight excluding hydrogens is 300 g/mol. The predicted octanol–water partition coefficient (Wildman–Crippen LogP) is 2.22. The Kier molecular flexibility index (Phi) is 4.55. The van der Waals surface area contributed by atoms with Crippen molar-refractivity contribution in [3.05, 3.63) is 11.8 Å². The minimum Gasteiger partial charge on any atom is -0.468 e. The summed E-state index contributed by atoms with van der Waals surface area (Å²) in [6, 6.07) is 0. The molecule has 23 heavy (non-hydrogen) atoms. The molecule has 0 aromatic carbocycles. The lowest BCUT2D eigenvalue weighted by molar-refractivity contribution is -0.169. The Bertz CT molecular complexity index is 545. The van der Waals surface area contributed by atoms with Crippen LogP contribution in [-0.4, -0.2) is 32.1 Å². The minimum atomic E-state index is -1.30. The van der Waals surface area contributed by atoms with E-state index in [2.05, 4.69) is 0 Å². The van der Waals surface area contributed by atoms with E-state index in [1.54, 1.807) is 0 Å². The number of esters is 3. The van der Waals surface area contributed by atoms with Gasteiger partial charge in [0.15, 0.2) is 5.41 Å². The summed E-state index contributed by atoms with van der Waals surface area (Å²) in [4.78, 5) is 36.0. The molecule has 0 bridgehead atoms.